The summed E-state index contributed by atoms with van der Waals surface area (Å²) in [5.41, 5.74) is 3.15. The van der Waals surface area contributed by atoms with Gasteiger partial charge in [0.05, 0.1) is 18.8 Å². The van der Waals surface area contributed by atoms with Crippen LogP contribution in [-0.4, -0.2) is 25.6 Å². The van der Waals surface area contributed by atoms with Gasteiger partial charge in [-0.1, -0.05) is 30.3 Å². The highest BCUT2D eigenvalue weighted by molar-refractivity contribution is 5.97. The van der Waals surface area contributed by atoms with E-state index in [0.29, 0.717) is 6.61 Å². The summed E-state index contributed by atoms with van der Waals surface area (Å²) in [5, 5.41) is 3.21. The van der Waals surface area contributed by atoms with E-state index < -0.39 is 0 Å². The summed E-state index contributed by atoms with van der Waals surface area (Å²) in [7, 11) is 0. The zero-order valence-corrected chi connectivity index (χ0v) is 13.4. The molecule has 2 aromatic rings. The Bertz CT molecular complexity index is 685. The molecule has 120 valence electrons. The number of fused-ring (bicyclic) bond motifs is 1. The number of benzene rings is 2. The van der Waals surface area contributed by atoms with Crippen LogP contribution < -0.4 is 15.0 Å². The van der Waals surface area contributed by atoms with Crippen molar-refractivity contribution in [2.75, 3.05) is 29.9 Å². The van der Waals surface area contributed by atoms with Gasteiger partial charge in [0.1, 0.15) is 5.75 Å². The summed E-state index contributed by atoms with van der Waals surface area (Å²) >= 11 is 0. The van der Waals surface area contributed by atoms with Crippen LogP contribution in [0.2, 0.25) is 0 Å². The third-order valence-electron chi connectivity index (χ3n) is 4.03. The SMILES string of the molecule is CCOc1ccccc1NCC(=O)N1CCCc2ccccc21. The van der Waals surface area contributed by atoms with Crippen LogP contribution in [0.1, 0.15) is 18.9 Å². The summed E-state index contributed by atoms with van der Waals surface area (Å²) in [5.74, 6) is 0.866. The van der Waals surface area contributed by atoms with Crippen LogP contribution in [0.5, 0.6) is 5.75 Å². The second-order valence-corrected chi connectivity index (χ2v) is 5.56. The fourth-order valence-electron chi connectivity index (χ4n) is 2.95. The molecule has 1 aliphatic heterocycles. The average Bonchev–Trinajstić information content (AvgIpc) is 2.60. The summed E-state index contributed by atoms with van der Waals surface area (Å²) in [6.07, 6.45) is 2.05. The standard InChI is InChI=1S/C19H22N2O2/c1-2-23-18-12-6-4-10-16(18)20-14-19(22)21-13-7-9-15-8-3-5-11-17(15)21/h3-6,8,10-12,20H,2,7,9,13-14H2,1H3. The number of anilines is 2. The smallest absolute Gasteiger partial charge is 0.246 e. The van der Waals surface area contributed by atoms with Gasteiger partial charge in [0, 0.05) is 12.2 Å². The predicted octanol–water partition coefficient (Wildman–Crippen LogP) is 3.48. The lowest BCUT2D eigenvalue weighted by Crippen LogP contribution is -2.39. The van der Waals surface area contributed by atoms with Gasteiger partial charge in [-0.15, -0.1) is 0 Å². The number of nitrogens with one attached hydrogen (secondary N) is 1. The maximum absolute atomic E-state index is 12.6. The highest BCUT2D eigenvalue weighted by atomic mass is 16.5. The number of aryl methyl sites for hydroxylation is 1. The van der Waals surface area contributed by atoms with Gasteiger partial charge in [-0.2, -0.15) is 0 Å². The first-order chi connectivity index (χ1) is 11.3. The van der Waals surface area contributed by atoms with Crippen molar-refractivity contribution in [1.82, 2.24) is 0 Å². The molecule has 0 unspecified atom stereocenters. The van der Waals surface area contributed by atoms with Gasteiger partial charge in [0.2, 0.25) is 5.91 Å². The van der Waals surface area contributed by atoms with E-state index in [9.17, 15) is 4.79 Å². The highest BCUT2D eigenvalue weighted by Gasteiger charge is 2.21. The van der Waals surface area contributed by atoms with Crippen LogP contribution in [0.3, 0.4) is 0 Å². The normalized spacial score (nSPS) is 13.3. The molecule has 1 N–H and O–H groups in total. The van der Waals surface area contributed by atoms with Crippen molar-refractivity contribution in [2.45, 2.75) is 19.8 Å². The van der Waals surface area contributed by atoms with Crippen molar-refractivity contribution in [2.24, 2.45) is 0 Å². The van der Waals surface area contributed by atoms with E-state index in [0.717, 1.165) is 36.5 Å². The van der Waals surface area contributed by atoms with Gasteiger partial charge >= 0.3 is 0 Å². The second kappa shape index (κ2) is 7.18. The Kier molecular flexibility index (Phi) is 4.81. The van der Waals surface area contributed by atoms with E-state index in [1.165, 1.54) is 5.56 Å². The average molecular weight is 310 g/mol. The van der Waals surface area contributed by atoms with Crippen LogP contribution in [0.25, 0.3) is 0 Å². The van der Waals surface area contributed by atoms with Crippen molar-refractivity contribution in [3.63, 3.8) is 0 Å². The number of rotatable bonds is 5. The summed E-state index contributed by atoms with van der Waals surface area (Å²) in [4.78, 5) is 14.5. The number of amides is 1. The Morgan fingerprint density at radius 2 is 1.96 bits per heavy atom. The molecule has 0 bridgehead atoms. The minimum atomic E-state index is 0.0865. The fourth-order valence-corrected chi connectivity index (χ4v) is 2.95. The maximum Gasteiger partial charge on any atom is 0.246 e. The molecule has 0 aliphatic carbocycles. The van der Waals surface area contributed by atoms with Crippen LogP contribution in [0, 0.1) is 0 Å². The van der Waals surface area contributed by atoms with E-state index >= 15 is 0 Å². The molecule has 0 atom stereocenters. The third-order valence-corrected chi connectivity index (χ3v) is 4.03. The molecule has 4 nitrogen and oxygen atoms in total. The van der Waals surface area contributed by atoms with E-state index in [1.807, 2.05) is 54.3 Å². The third kappa shape index (κ3) is 3.47. The minimum Gasteiger partial charge on any atom is -0.492 e. The van der Waals surface area contributed by atoms with Gasteiger partial charge in [0.25, 0.3) is 0 Å². The number of ether oxygens (including phenoxy) is 1. The molecule has 0 radical (unpaired) electrons. The molecule has 1 aliphatic rings. The Hall–Kier alpha value is -2.49. The summed E-state index contributed by atoms with van der Waals surface area (Å²) in [6, 6.07) is 15.9. The lowest BCUT2D eigenvalue weighted by molar-refractivity contribution is -0.117. The highest BCUT2D eigenvalue weighted by Crippen LogP contribution is 2.27. The molecule has 4 heteroatoms. The molecule has 1 heterocycles. The lowest BCUT2D eigenvalue weighted by Gasteiger charge is -2.29. The molecular formula is C19H22N2O2. The number of carbonyl (C=O) groups is 1. The van der Waals surface area contributed by atoms with Crippen molar-refractivity contribution < 1.29 is 9.53 Å². The molecule has 0 aromatic heterocycles. The first-order valence-electron chi connectivity index (χ1n) is 8.13. The van der Waals surface area contributed by atoms with Crippen LogP contribution in [-0.2, 0) is 11.2 Å². The van der Waals surface area contributed by atoms with Gasteiger partial charge in [-0.05, 0) is 43.5 Å². The van der Waals surface area contributed by atoms with Crippen LogP contribution in [0.15, 0.2) is 48.5 Å². The maximum atomic E-state index is 12.6. The first-order valence-corrected chi connectivity index (χ1v) is 8.13. The Balaban J connectivity index is 1.69. The fraction of sp³-hybridized carbons (Fsp3) is 0.316. The Morgan fingerprint density at radius 3 is 2.83 bits per heavy atom. The number of carbonyl (C=O) groups excluding carboxylic acids is 1. The Morgan fingerprint density at radius 1 is 1.17 bits per heavy atom. The second-order valence-electron chi connectivity index (χ2n) is 5.56. The molecule has 0 saturated carbocycles. The van der Waals surface area contributed by atoms with Gasteiger partial charge in [-0.25, -0.2) is 0 Å². The molecule has 23 heavy (non-hydrogen) atoms. The zero-order valence-electron chi connectivity index (χ0n) is 13.4. The summed E-state index contributed by atoms with van der Waals surface area (Å²) < 4.78 is 5.58. The van der Waals surface area contributed by atoms with Gasteiger partial charge in [0.15, 0.2) is 0 Å². The number of hydrogen-bond donors (Lipinski definition) is 1. The van der Waals surface area contributed by atoms with E-state index in [1.54, 1.807) is 0 Å². The monoisotopic (exact) mass is 310 g/mol. The topological polar surface area (TPSA) is 41.6 Å². The van der Waals surface area contributed by atoms with Crippen molar-refractivity contribution in [3.05, 3.63) is 54.1 Å². The zero-order chi connectivity index (χ0) is 16.1. The van der Waals surface area contributed by atoms with E-state index in [-0.39, 0.29) is 12.5 Å². The molecule has 3 rings (SSSR count). The molecule has 2 aromatic carbocycles. The Labute approximate surface area is 137 Å². The summed E-state index contributed by atoms with van der Waals surface area (Å²) in [6.45, 7) is 3.60. The molecule has 0 spiro atoms. The van der Waals surface area contributed by atoms with Crippen LogP contribution >= 0.6 is 0 Å². The number of nitrogens with zero attached hydrogens (tertiary/aromatic N) is 1. The molecular weight excluding hydrogens is 288 g/mol. The van der Waals surface area contributed by atoms with E-state index in [2.05, 4.69) is 11.4 Å². The van der Waals surface area contributed by atoms with Crippen molar-refractivity contribution >= 4 is 17.3 Å². The van der Waals surface area contributed by atoms with Crippen molar-refractivity contribution in [1.29, 1.82) is 0 Å². The predicted molar refractivity (Wildman–Crippen MR) is 93.2 cm³/mol. The van der Waals surface area contributed by atoms with E-state index in [4.69, 9.17) is 4.74 Å². The van der Waals surface area contributed by atoms with Gasteiger partial charge in [-0.3, -0.25) is 4.79 Å². The minimum absolute atomic E-state index is 0.0865. The first kappa shape index (κ1) is 15.4. The number of para-hydroxylation sites is 3. The largest absolute Gasteiger partial charge is 0.492 e. The van der Waals surface area contributed by atoms with Crippen molar-refractivity contribution in [3.8, 4) is 5.75 Å². The lowest BCUT2D eigenvalue weighted by atomic mass is 10.0. The molecule has 0 fully saturated rings. The molecule has 1 amide bonds. The van der Waals surface area contributed by atoms with Gasteiger partial charge < -0.3 is 15.0 Å². The number of hydrogen-bond acceptors (Lipinski definition) is 3. The van der Waals surface area contributed by atoms with Crippen LogP contribution in [0.4, 0.5) is 11.4 Å². The quantitative estimate of drug-likeness (QED) is 0.919. The molecule has 0 saturated heterocycles.